The molecule has 1 aromatic heterocycles. The molecule has 1 heterocycles. The summed E-state index contributed by atoms with van der Waals surface area (Å²) < 4.78 is 2.50. The van der Waals surface area contributed by atoms with E-state index in [0.717, 1.165) is 21.1 Å². The fourth-order valence-electron chi connectivity index (χ4n) is 1.55. The smallest absolute Gasteiger partial charge is 0.307 e. The molecule has 0 aliphatic heterocycles. The van der Waals surface area contributed by atoms with Gasteiger partial charge in [-0.2, -0.15) is 5.10 Å². The van der Waals surface area contributed by atoms with Crippen molar-refractivity contribution in [1.29, 1.82) is 0 Å². The lowest BCUT2D eigenvalue weighted by Crippen LogP contribution is -1.99. The number of hydrogen-bond acceptors (Lipinski definition) is 2. The first-order valence-corrected chi connectivity index (χ1v) is 5.20. The van der Waals surface area contributed by atoms with Crippen molar-refractivity contribution in [2.24, 2.45) is 7.05 Å². The van der Waals surface area contributed by atoms with Crippen LogP contribution in [0, 0.1) is 0 Å². The summed E-state index contributed by atoms with van der Waals surface area (Å²) in [4.78, 5) is 10.6. The molecule has 2 rings (SSSR count). The molecule has 2 aromatic rings. The molecule has 0 atom stereocenters. The van der Waals surface area contributed by atoms with E-state index in [1.807, 2.05) is 25.2 Å². The number of aromatic nitrogens is 2. The van der Waals surface area contributed by atoms with Crippen molar-refractivity contribution in [1.82, 2.24) is 9.78 Å². The Hall–Kier alpha value is -1.36. The summed E-state index contributed by atoms with van der Waals surface area (Å²) in [5.74, 6) is -0.825. The summed E-state index contributed by atoms with van der Waals surface area (Å²) in [6.45, 7) is 0. The molecule has 0 unspecified atom stereocenters. The summed E-state index contributed by atoms with van der Waals surface area (Å²) in [6, 6.07) is 5.54. The lowest BCUT2D eigenvalue weighted by atomic mass is 10.1. The Morgan fingerprint density at radius 1 is 1.60 bits per heavy atom. The van der Waals surface area contributed by atoms with Gasteiger partial charge in [-0.1, -0.05) is 6.07 Å². The molecule has 0 aliphatic carbocycles. The van der Waals surface area contributed by atoms with Crippen molar-refractivity contribution in [2.75, 3.05) is 0 Å². The monoisotopic (exact) mass is 268 g/mol. The minimum atomic E-state index is -0.825. The number of carboxylic acid groups (broad SMARTS) is 1. The number of halogens is 1. The summed E-state index contributed by atoms with van der Waals surface area (Å²) in [5.41, 5.74) is 1.76. The second-order valence-electron chi connectivity index (χ2n) is 3.34. The Kier molecular flexibility index (Phi) is 2.48. The summed E-state index contributed by atoms with van der Waals surface area (Å²) in [5, 5.41) is 13.8. The van der Waals surface area contributed by atoms with Gasteiger partial charge in [0.2, 0.25) is 0 Å². The van der Waals surface area contributed by atoms with E-state index in [2.05, 4.69) is 21.0 Å². The Morgan fingerprint density at radius 2 is 2.33 bits per heavy atom. The number of nitrogens with zero attached hydrogens (tertiary/aromatic N) is 2. The third-order valence-electron chi connectivity index (χ3n) is 2.23. The molecule has 0 saturated heterocycles. The number of carbonyl (C=O) groups is 1. The normalized spacial score (nSPS) is 10.8. The molecular weight excluding hydrogens is 260 g/mol. The number of fused-ring (bicyclic) bond motifs is 1. The average molecular weight is 269 g/mol. The van der Waals surface area contributed by atoms with Crippen LogP contribution < -0.4 is 0 Å². The van der Waals surface area contributed by atoms with Gasteiger partial charge < -0.3 is 5.11 Å². The summed E-state index contributed by atoms with van der Waals surface area (Å²) in [6.07, 6.45) is 0.0390. The highest BCUT2D eigenvalue weighted by molar-refractivity contribution is 9.10. The fourth-order valence-corrected chi connectivity index (χ4v) is 2.11. The molecule has 0 bridgehead atoms. The van der Waals surface area contributed by atoms with Crippen LogP contribution in [0.25, 0.3) is 10.9 Å². The minimum Gasteiger partial charge on any atom is -0.481 e. The summed E-state index contributed by atoms with van der Waals surface area (Å²) in [7, 11) is 1.85. The van der Waals surface area contributed by atoms with Gasteiger partial charge in [-0.15, -0.1) is 0 Å². The minimum absolute atomic E-state index is 0.0390. The highest BCUT2D eigenvalue weighted by Gasteiger charge is 2.08. The van der Waals surface area contributed by atoms with Crippen LogP contribution in [-0.2, 0) is 18.3 Å². The van der Waals surface area contributed by atoms with E-state index in [9.17, 15) is 4.79 Å². The highest BCUT2D eigenvalue weighted by Crippen LogP contribution is 2.23. The van der Waals surface area contributed by atoms with Gasteiger partial charge in [0, 0.05) is 12.4 Å². The first-order chi connectivity index (χ1) is 7.08. The molecule has 1 N–H and O–H groups in total. The Morgan fingerprint density at radius 3 is 3.00 bits per heavy atom. The van der Waals surface area contributed by atoms with Crippen molar-refractivity contribution < 1.29 is 9.90 Å². The second-order valence-corrected chi connectivity index (χ2v) is 4.09. The van der Waals surface area contributed by atoms with Gasteiger partial charge in [0.25, 0.3) is 0 Å². The molecule has 5 heteroatoms. The van der Waals surface area contributed by atoms with Gasteiger partial charge in [0.05, 0.1) is 11.9 Å². The standard InChI is InChI=1S/C10H9BrN2O2/c1-13-8-3-2-6(5-9(14)15)4-7(8)10(11)12-13/h2-4H,5H2,1H3,(H,14,15). The third kappa shape index (κ3) is 1.87. The molecule has 0 radical (unpaired) electrons. The zero-order valence-corrected chi connectivity index (χ0v) is 9.65. The maximum Gasteiger partial charge on any atom is 0.307 e. The van der Waals surface area contributed by atoms with E-state index in [1.54, 1.807) is 4.68 Å². The maximum atomic E-state index is 10.6. The van der Waals surface area contributed by atoms with Gasteiger partial charge in [0.15, 0.2) is 0 Å². The van der Waals surface area contributed by atoms with Gasteiger partial charge in [-0.25, -0.2) is 0 Å². The van der Waals surface area contributed by atoms with Crippen LogP contribution in [0.4, 0.5) is 0 Å². The van der Waals surface area contributed by atoms with Crippen LogP contribution in [0.2, 0.25) is 0 Å². The second kappa shape index (κ2) is 3.66. The first-order valence-electron chi connectivity index (χ1n) is 4.41. The van der Waals surface area contributed by atoms with Crippen molar-refractivity contribution >= 4 is 32.8 Å². The average Bonchev–Trinajstić information content (AvgIpc) is 2.41. The van der Waals surface area contributed by atoms with Gasteiger partial charge in [-0.05, 0) is 33.6 Å². The van der Waals surface area contributed by atoms with Crippen LogP contribution in [-0.4, -0.2) is 20.9 Å². The molecule has 0 amide bonds. The Balaban J connectivity index is 2.55. The van der Waals surface area contributed by atoms with Crippen molar-refractivity contribution in [3.63, 3.8) is 0 Å². The Labute approximate surface area is 94.6 Å². The van der Waals surface area contributed by atoms with Crippen molar-refractivity contribution in [3.8, 4) is 0 Å². The molecule has 15 heavy (non-hydrogen) atoms. The van der Waals surface area contributed by atoms with Crippen LogP contribution in [0.15, 0.2) is 22.8 Å². The van der Waals surface area contributed by atoms with Gasteiger partial charge in [0.1, 0.15) is 4.60 Å². The zero-order chi connectivity index (χ0) is 11.0. The van der Waals surface area contributed by atoms with E-state index in [-0.39, 0.29) is 6.42 Å². The van der Waals surface area contributed by atoms with E-state index >= 15 is 0 Å². The lowest BCUT2D eigenvalue weighted by Gasteiger charge is -1.98. The van der Waals surface area contributed by atoms with E-state index < -0.39 is 5.97 Å². The van der Waals surface area contributed by atoms with E-state index in [1.165, 1.54) is 0 Å². The van der Waals surface area contributed by atoms with E-state index in [4.69, 9.17) is 5.11 Å². The fraction of sp³-hybridized carbons (Fsp3) is 0.200. The SMILES string of the molecule is Cn1nc(Br)c2cc(CC(=O)O)ccc21. The number of benzene rings is 1. The first kappa shape index (κ1) is 10.2. The molecule has 4 nitrogen and oxygen atoms in total. The molecule has 0 aliphatic rings. The number of carboxylic acids is 1. The number of aryl methyl sites for hydroxylation is 1. The van der Waals surface area contributed by atoms with Crippen LogP contribution in [0.1, 0.15) is 5.56 Å². The van der Waals surface area contributed by atoms with Gasteiger partial charge >= 0.3 is 5.97 Å². The van der Waals surface area contributed by atoms with Gasteiger partial charge in [-0.3, -0.25) is 9.48 Å². The Bertz CT molecular complexity index is 533. The predicted molar refractivity (Wildman–Crippen MR) is 59.8 cm³/mol. The summed E-state index contributed by atoms with van der Waals surface area (Å²) >= 11 is 3.34. The highest BCUT2D eigenvalue weighted by atomic mass is 79.9. The third-order valence-corrected chi connectivity index (χ3v) is 2.81. The quantitative estimate of drug-likeness (QED) is 0.906. The number of aliphatic carboxylic acids is 1. The number of rotatable bonds is 2. The topological polar surface area (TPSA) is 55.1 Å². The zero-order valence-electron chi connectivity index (χ0n) is 8.07. The van der Waals surface area contributed by atoms with Crippen LogP contribution >= 0.6 is 15.9 Å². The molecule has 78 valence electrons. The predicted octanol–water partition coefficient (Wildman–Crippen LogP) is 1.96. The van der Waals surface area contributed by atoms with Crippen molar-refractivity contribution in [3.05, 3.63) is 28.4 Å². The van der Waals surface area contributed by atoms with Crippen LogP contribution in [0.5, 0.6) is 0 Å². The lowest BCUT2D eigenvalue weighted by molar-refractivity contribution is -0.136. The number of hydrogen-bond donors (Lipinski definition) is 1. The van der Waals surface area contributed by atoms with Crippen molar-refractivity contribution in [2.45, 2.75) is 6.42 Å². The van der Waals surface area contributed by atoms with Crippen LogP contribution in [0.3, 0.4) is 0 Å². The largest absolute Gasteiger partial charge is 0.481 e. The molecule has 1 aromatic carbocycles. The molecule has 0 saturated carbocycles. The molecular formula is C10H9BrN2O2. The molecule has 0 spiro atoms. The van der Waals surface area contributed by atoms with E-state index in [0.29, 0.717) is 0 Å². The maximum absolute atomic E-state index is 10.6. The molecule has 0 fully saturated rings.